The maximum absolute atomic E-state index is 4.07. The van der Waals surface area contributed by atoms with Crippen LogP contribution in [-0.4, -0.2) is 22.5 Å². The van der Waals surface area contributed by atoms with E-state index < -0.39 is 0 Å². The van der Waals surface area contributed by atoms with Gasteiger partial charge >= 0.3 is 0 Å². The smallest absolute Gasteiger partial charge is 0.0993 e. The number of hydrogen-bond donors (Lipinski definition) is 2. The molecule has 0 saturated carbocycles. The Morgan fingerprint density at radius 1 is 1.46 bits per heavy atom. The van der Waals surface area contributed by atoms with Gasteiger partial charge in [-0.2, -0.15) is 15.4 Å². The van der Waals surface area contributed by atoms with Crippen LogP contribution in [0.15, 0.2) is 6.20 Å². The molecule has 1 unspecified atom stereocenters. The summed E-state index contributed by atoms with van der Waals surface area (Å²) in [5, 5.41) is 13.7. The molecule has 1 aromatic rings. The molecule has 13 heavy (non-hydrogen) atoms. The molecule has 0 spiro atoms. The molecular formula is C9H18N4. The zero-order valence-electron chi connectivity index (χ0n) is 8.54. The van der Waals surface area contributed by atoms with E-state index in [2.05, 4.69) is 34.6 Å². The molecule has 1 rings (SSSR count). The van der Waals surface area contributed by atoms with Crippen molar-refractivity contribution < 1.29 is 0 Å². The van der Waals surface area contributed by atoms with Gasteiger partial charge in [0.15, 0.2) is 0 Å². The first kappa shape index (κ1) is 10.2. The second-order valence-electron chi connectivity index (χ2n) is 3.71. The maximum Gasteiger partial charge on any atom is 0.0993 e. The summed E-state index contributed by atoms with van der Waals surface area (Å²) in [6, 6.07) is 0.334. The Balaban J connectivity index is 2.44. The Morgan fingerprint density at radius 2 is 2.23 bits per heavy atom. The molecule has 0 bridgehead atoms. The molecule has 0 amide bonds. The van der Waals surface area contributed by atoms with Crippen LogP contribution in [0.3, 0.4) is 0 Å². The van der Waals surface area contributed by atoms with Gasteiger partial charge in [-0.15, -0.1) is 0 Å². The number of aromatic amines is 1. The fourth-order valence-corrected chi connectivity index (χ4v) is 1.32. The van der Waals surface area contributed by atoms with E-state index in [1.165, 1.54) is 6.42 Å². The molecule has 1 heterocycles. The van der Waals surface area contributed by atoms with Crippen molar-refractivity contribution in [3.8, 4) is 0 Å². The molecule has 0 radical (unpaired) electrons. The first-order valence-corrected chi connectivity index (χ1v) is 4.77. The molecule has 0 aliphatic carbocycles. The second kappa shape index (κ2) is 4.97. The normalized spacial score (nSPS) is 13.5. The predicted octanol–water partition coefficient (Wildman–Crippen LogP) is 1.50. The SMILES string of the molecule is CNC(CCC(C)C)c1cn[nH]n1. The highest BCUT2D eigenvalue weighted by molar-refractivity contribution is 4.98. The lowest BCUT2D eigenvalue weighted by molar-refractivity contribution is 0.457. The average Bonchev–Trinajstić information content (AvgIpc) is 2.58. The lowest BCUT2D eigenvalue weighted by Gasteiger charge is -2.13. The number of H-pyrrole nitrogens is 1. The van der Waals surface area contributed by atoms with Crippen molar-refractivity contribution in [1.29, 1.82) is 0 Å². The Morgan fingerprint density at radius 3 is 2.69 bits per heavy atom. The Labute approximate surface area is 79.1 Å². The molecular weight excluding hydrogens is 164 g/mol. The summed E-state index contributed by atoms with van der Waals surface area (Å²) in [6.45, 7) is 4.46. The monoisotopic (exact) mass is 182 g/mol. The molecule has 0 aliphatic rings. The van der Waals surface area contributed by atoms with Gasteiger partial charge in [0.25, 0.3) is 0 Å². The fourth-order valence-electron chi connectivity index (χ4n) is 1.32. The second-order valence-corrected chi connectivity index (χ2v) is 3.71. The number of nitrogens with zero attached hydrogens (tertiary/aromatic N) is 2. The van der Waals surface area contributed by atoms with Crippen LogP contribution >= 0.6 is 0 Å². The molecule has 0 aliphatic heterocycles. The zero-order chi connectivity index (χ0) is 9.68. The van der Waals surface area contributed by atoms with E-state index in [-0.39, 0.29) is 0 Å². The lowest BCUT2D eigenvalue weighted by atomic mass is 10.0. The predicted molar refractivity (Wildman–Crippen MR) is 52.3 cm³/mol. The summed E-state index contributed by atoms with van der Waals surface area (Å²) in [6.07, 6.45) is 4.10. The Bertz CT molecular complexity index is 218. The minimum atomic E-state index is 0.334. The molecule has 2 N–H and O–H groups in total. The van der Waals surface area contributed by atoms with Gasteiger partial charge in [-0.3, -0.25) is 0 Å². The summed E-state index contributed by atoms with van der Waals surface area (Å²) < 4.78 is 0. The highest BCUT2D eigenvalue weighted by Crippen LogP contribution is 2.17. The van der Waals surface area contributed by atoms with E-state index >= 15 is 0 Å². The third-order valence-corrected chi connectivity index (χ3v) is 2.17. The van der Waals surface area contributed by atoms with Crippen molar-refractivity contribution in [3.05, 3.63) is 11.9 Å². The van der Waals surface area contributed by atoms with Crippen molar-refractivity contribution in [2.45, 2.75) is 32.7 Å². The summed E-state index contributed by atoms with van der Waals surface area (Å²) in [5.41, 5.74) is 1.00. The number of aromatic nitrogens is 3. The van der Waals surface area contributed by atoms with Crippen LogP contribution in [0.2, 0.25) is 0 Å². The minimum Gasteiger partial charge on any atom is -0.312 e. The van der Waals surface area contributed by atoms with Crippen LogP contribution in [0.25, 0.3) is 0 Å². The van der Waals surface area contributed by atoms with Gasteiger partial charge in [-0.1, -0.05) is 13.8 Å². The molecule has 0 aromatic carbocycles. The van der Waals surface area contributed by atoms with Crippen molar-refractivity contribution in [2.24, 2.45) is 5.92 Å². The largest absolute Gasteiger partial charge is 0.312 e. The van der Waals surface area contributed by atoms with Gasteiger partial charge in [0.1, 0.15) is 0 Å². The molecule has 0 saturated heterocycles. The molecule has 4 nitrogen and oxygen atoms in total. The number of rotatable bonds is 5. The topological polar surface area (TPSA) is 53.6 Å². The molecule has 1 atom stereocenters. The first-order chi connectivity index (χ1) is 6.24. The van der Waals surface area contributed by atoms with Crippen LogP contribution < -0.4 is 5.32 Å². The van der Waals surface area contributed by atoms with E-state index in [1.54, 1.807) is 6.20 Å². The number of nitrogens with one attached hydrogen (secondary N) is 2. The van der Waals surface area contributed by atoms with E-state index in [4.69, 9.17) is 0 Å². The van der Waals surface area contributed by atoms with Gasteiger partial charge < -0.3 is 5.32 Å². The standard InChI is InChI=1S/C9H18N4/c1-7(2)4-5-8(10-3)9-6-11-13-12-9/h6-8,10H,4-5H2,1-3H3,(H,11,12,13). The van der Waals surface area contributed by atoms with E-state index in [0.29, 0.717) is 6.04 Å². The van der Waals surface area contributed by atoms with Crippen LogP contribution in [0.1, 0.15) is 38.4 Å². The zero-order valence-corrected chi connectivity index (χ0v) is 8.54. The van der Waals surface area contributed by atoms with Gasteiger partial charge in [-0.25, -0.2) is 0 Å². The van der Waals surface area contributed by atoms with Gasteiger partial charge in [0.2, 0.25) is 0 Å². The fraction of sp³-hybridized carbons (Fsp3) is 0.778. The maximum atomic E-state index is 4.07. The van der Waals surface area contributed by atoms with Crippen LogP contribution in [0.5, 0.6) is 0 Å². The Kier molecular flexibility index (Phi) is 3.89. The highest BCUT2D eigenvalue weighted by Gasteiger charge is 2.11. The minimum absolute atomic E-state index is 0.334. The summed E-state index contributed by atoms with van der Waals surface area (Å²) in [5.74, 6) is 0.739. The van der Waals surface area contributed by atoms with E-state index in [0.717, 1.165) is 18.0 Å². The molecule has 74 valence electrons. The van der Waals surface area contributed by atoms with Gasteiger partial charge in [-0.05, 0) is 25.8 Å². The summed E-state index contributed by atoms with van der Waals surface area (Å²) >= 11 is 0. The average molecular weight is 182 g/mol. The molecule has 0 fully saturated rings. The quantitative estimate of drug-likeness (QED) is 0.725. The molecule has 1 aromatic heterocycles. The highest BCUT2D eigenvalue weighted by atomic mass is 15.3. The molecule has 4 heteroatoms. The van der Waals surface area contributed by atoms with Crippen molar-refractivity contribution in [2.75, 3.05) is 7.05 Å². The van der Waals surface area contributed by atoms with Gasteiger partial charge in [0.05, 0.1) is 17.9 Å². The summed E-state index contributed by atoms with van der Waals surface area (Å²) in [4.78, 5) is 0. The first-order valence-electron chi connectivity index (χ1n) is 4.77. The van der Waals surface area contributed by atoms with Crippen LogP contribution in [0.4, 0.5) is 0 Å². The van der Waals surface area contributed by atoms with Crippen molar-refractivity contribution in [1.82, 2.24) is 20.7 Å². The van der Waals surface area contributed by atoms with E-state index in [9.17, 15) is 0 Å². The van der Waals surface area contributed by atoms with Crippen LogP contribution in [0, 0.1) is 5.92 Å². The van der Waals surface area contributed by atoms with Crippen LogP contribution in [-0.2, 0) is 0 Å². The summed E-state index contributed by atoms with van der Waals surface area (Å²) in [7, 11) is 1.96. The van der Waals surface area contributed by atoms with Crippen molar-refractivity contribution in [3.63, 3.8) is 0 Å². The third-order valence-electron chi connectivity index (χ3n) is 2.17. The third kappa shape index (κ3) is 3.14. The number of hydrogen-bond acceptors (Lipinski definition) is 3. The van der Waals surface area contributed by atoms with Gasteiger partial charge in [0, 0.05) is 0 Å². The van der Waals surface area contributed by atoms with E-state index in [1.807, 2.05) is 7.05 Å². The van der Waals surface area contributed by atoms with Crippen molar-refractivity contribution >= 4 is 0 Å². The Hall–Kier alpha value is -0.900. The lowest BCUT2D eigenvalue weighted by Crippen LogP contribution is -2.17.